The number of hydrogen-bond donors (Lipinski definition) is 1. The minimum Gasteiger partial charge on any atom is -0.497 e. The second-order valence-corrected chi connectivity index (χ2v) is 5.11. The molecule has 0 saturated heterocycles. The van der Waals surface area contributed by atoms with E-state index >= 15 is 0 Å². The standard InChI is InChI=1S/C17H23N3O3/c1-4-20(5-2)16(13-7-6-8-14(11-13)22-3)12-18-17(21)15-9-10-23-19-15/h6-11,16H,4-5,12H2,1-3H3,(H,18,21). The lowest BCUT2D eigenvalue weighted by atomic mass is 10.0. The maximum absolute atomic E-state index is 12.1. The number of amides is 1. The predicted molar refractivity (Wildman–Crippen MR) is 87.5 cm³/mol. The lowest BCUT2D eigenvalue weighted by Crippen LogP contribution is -2.38. The second kappa shape index (κ2) is 8.33. The zero-order valence-corrected chi connectivity index (χ0v) is 13.8. The minimum atomic E-state index is -0.237. The molecule has 0 saturated carbocycles. The van der Waals surface area contributed by atoms with Crippen molar-refractivity contribution in [2.45, 2.75) is 19.9 Å². The molecule has 1 heterocycles. The number of benzene rings is 1. The predicted octanol–water partition coefficient (Wildman–Crippen LogP) is 2.50. The molecule has 1 N–H and O–H groups in total. The smallest absolute Gasteiger partial charge is 0.273 e. The maximum atomic E-state index is 12.1. The average Bonchev–Trinajstić information content (AvgIpc) is 3.13. The number of carbonyl (C=O) groups excluding carboxylic acids is 1. The van der Waals surface area contributed by atoms with Crippen LogP contribution >= 0.6 is 0 Å². The Morgan fingerprint density at radius 1 is 1.35 bits per heavy atom. The summed E-state index contributed by atoms with van der Waals surface area (Å²) in [5.41, 5.74) is 1.39. The van der Waals surface area contributed by atoms with Gasteiger partial charge < -0.3 is 14.6 Å². The first-order chi connectivity index (χ1) is 11.2. The van der Waals surface area contributed by atoms with Gasteiger partial charge in [0.25, 0.3) is 5.91 Å². The zero-order valence-electron chi connectivity index (χ0n) is 13.8. The van der Waals surface area contributed by atoms with Gasteiger partial charge in [0.15, 0.2) is 5.69 Å². The van der Waals surface area contributed by atoms with E-state index in [2.05, 4.69) is 29.2 Å². The van der Waals surface area contributed by atoms with Gasteiger partial charge in [-0.3, -0.25) is 9.69 Å². The summed E-state index contributed by atoms with van der Waals surface area (Å²) in [6.07, 6.45) is 1.39. The first-order valence-corrected chi connectivity index (χ1v) is 7.76. The lowest BCUT2D eigenvalue weighted by Gasteiger charge is -2.30. The van der Waals surface area contributed by atoms with Gasteiger partial charge in [0.05, 0.1) is 13.2 Å². The number of likely N-dealkylation sites (N-methyl/N-ethyl adjacent to an activating group) is 1. The molecule has 6 heteroatoms. The Morgan fingerprint density at radius 2 is 2.13 bits per heavy atom. The molecule has 0 fully saturated rings. The fourth-order valence-corrected chi connectivity index (χ4v) is 2.58. The van der Waals surface area contributed by atoms with Gasteiger partial charge in [-0.05, 0) is 30.8 Å². The average molecular weight is 317 g/mol. The van der Waals surface area contributed by atoms with E-state index in [0.29, 0.717) is 6.54 Å². The summed E-state index contributed by atoms with van der Waals surface area (Å²) in [5.74, 6) is 0.571. The van der Waals surface area contributed by atoms with E-state index in [-0.39, 0.29) is 17.6 Å². The molecule has 1 unspecified atom stereocenters. The highest BCUT2D eigenvalue weighted by Crippen LogP contribution is 2.23. The van der Waals surface area contributed by atoms with Gasteiger partial charge in [0.2, 0.25) is 0 Å². The number of aromatic nitrogens is 1. The molecule has 0 bridgehead atoms. The van der Waals surface area contributed by atoms with Crippen LogP contribution in [0.2, 0.25) is 0 Å². The van der Waals surface area contributed by atoms with Crippen molar-refractivity contribution in [1.29, 1.82) is 0 Å². The van der Waals surface area contributed by atoms with E-state index < -0.39 is 0 Å². The number of nitrogens with zero attached hydrogens (tertiary/aromatic N) is 2. The number of hydrogen-bond acceptors (Lipinski definition) is 5. The first kappa shape index (κ1) is 17.0. The molecular weight excluding hydrogens is 294 g/mol. The number of nitrogens with one attached hydrogen (secondary N) is 1. The summed E-state index contributed by atoms with van der Waals surface area (Å²) in [5, 5.41) is 6.59. The fraction of sp³-hybridized carbons (Fsp3) is 0.412. The molecule has 0 spiro atoms. The van der Waals surface area contributed by atoms with Gasteiger partial charge >= 0.3 is 0 Å². The topological polar surface area (TPSA) is 67.6 Å². The van der Waals surface area contributed by atoms with Crippen molar-refractivity contribution in [3.05, 3.63) is 47.9 Å². The van der Waals surface area contributed by atoms with Crippen molar-refractivity contribution in [3.8, 4) is 5.75 Å². The van der Waals surface area contributed by atoms with E-state index in [1.54, 1.807) is 13.2 Å². The third-order valence-electron chi connectivity index (χ3n) is 3.86. The van der Waals surface area contributed by atoms with Crippen molar-refractivity contribution in [3.63, 3.8) is 0 Å². The highest BCUT2D eigenvalue weighted by molar-refractivity contribution is 5.91. The Morgan fingerprint density at radius 3 is 2.74 bits per heavy atom. The van der Waals surface area contributed by atoms with Crippen molar-refractivity contribution in [2.75, 3.05) is 26.7 Å². The highest BCUT2D eigenvalue weighted by atomic mass is 16.5. The lowest BCUT2D eigenvalue weighted by molar-refractivity contribution is 0.0926. The van der Waals surface area contributed by atoms with Crippen LogP contribution in [0.25, 0.3) is 0 Å². The van der Waals surface area contributed by atoms with Gasteiger partial charge in [-0.25, -0.2) is 0 Å². The third-order valence-corrected chi connectivity index (χ3v) is 3.86. The molecule has 0 aliphatic rings. The summed E-state index contributed by atoms with van der Waals surface area (Å²) in [6, 6.07) is 9.55. The molecule has 0 radical (unpaired) electrons. The van der Waals surface area contributed by atoms with Crippen molar-refractivity contribution in [1.82, 2.24) is 15.4 Å². The van der Waals surface area contributed by atoms with Gasteiger partial charge in [-0.2, -0.15) is 0 Å². The molecule has 23 heavy (non-hydrogen) atoms. The summed E-state index contributed by atoms with van der Waals surface area (Å²) < 4.78 is 10.0. The largest absolute Gasteiger partial charge is 0.497 e. The molecular formula is C17H23N3O3. The Kier molecular flexibility index (Phi) is 6.17. The van der Waals surface area contributed by atoms with Gasteiger partial charge in [-0.1, -0.05) is 31.1 Å². The van der Waals surface area contributed by atoms with Crippen LogP contribution in [0.1, 0.15) is 35.9 Å². The highest BCUT2D eigenvalue weighted by Gasteiger charge is 2.20. The molecule has 1 aromatic carbocycles. The third kappa shape index (κ3) is 4.32. The summed E-state index contributed by atoms with van der Waals surface area (Å²) in [6.45, 7) is 6.48. The van der Waals surface area contributed by atoms with Crippen LogP contribution in [0.3, 0.4) is 0 Å². The quantitative estimate of drug-likeness (QED) is 0.810. The van der Waals surface area contributed by atoms with Gasteiger partial charge in [0, 0.05) is 12.6 Å². The molecule has 1 atom stereocenters. The molecule has 6 nitrogen and oxygen atoms in total. The SMILES string of the molecule is CCN(CC)C(CNC(=O)c1ccon1)c1cccc(OC)c1. The Bertz CT molecular complexity index is 609. The van der Waals surface area contributed by atoms with Crippen molar-refractivity contribution < 1.29 is 14.1 Å². The van der Waals surface area contributed by atoms with Crippen LogP contribution in [0.15, 0.2) is 41.1 Å². The van der Waals surface area contributed by atoms with Crippen LogP contribution < -0.4 is 10.1 Å². The van der Waals surface area contributed by atoms with E-state index in [1.165, 1.54) is 6.26 Å². The van der Waals surface area contributed by atoms with E-state index in [4.69, 9.17) is 9.26 Å². The van der Waals surface area contributed by atoms with Crippen LogP contribution in [0.4, 0.5) is 0 Å². The molecule has 124 valence electrons. The van der Waals surface area contributed by atoms with E-state index in [9.17, 15) is 4.79 Å². The number of methoxy groups -OCH3 is 1. The number of carbonyl (C=O) groups is 1. The van der Waals surface area contributed by atoms with Gasteiger partial charge in [-0.15, -0.1) is 0 Å². The summed E-state index contributed by atoms with van der Waals surface area (Å²) in [4.78, 5) is 14.4. The normalized spacial score (nSPS) is 12.2. The number of rotatable bonds is 8. The second-order valence-electron chi connectivity index (χ2n) is 5.11. The van der Waals surface area contributed by atoms with E-state index in [1.807, 2.05) is 24.3 Å². The van der Waals surface area contributed by atoms with Crippen molar-refractivity contribution >= 4 is 5.91 Å². The summed E-state index contributed by atoms with van der Waals surface area (Å²) >= 11 is 0. The minimum absolute atomic E-state index is 0.0657. The Hall–Kier alpha value is -2.34. The van der Waals surface area contributed by atoms with E-state index in [0.717, 1.165) is 24.4 Å². The zero-order chi connectivity index (χ0) is 16.7. The van der Waals surface area contributed by atoms with Crippen LogP contribution in [0.5, 0.6) is 5.75 Å². The maximum Gasteiger partial charge on any atom is 0.273 e. The van der Waals surface area contributed by atoms with Gasteiger partial charge in [0.1, 0.15) is 12.0 Å². The number of ether oxygens (including phenoxy) is 1. The monoisotopic (exact) mass is 317 g/mol. The van der Waals surface area contributed by atoms with Crippen LogP contribution in [-0.4, -0.2) is 42.7 Å². The van der Waals surface area contributed by atoms with Crippen molar-refractivity contribution in [2.24, 2.45) is 0 Å². The molecule has 1 aromatic heterocycles. The molecule has 0 aliphatic carbocycles. The molecule has 1 amide bonds. The molecule has 2 rings (SSSR count). The molecule has 2 aromatic rings. The van der Waals surface area contributed by atoms with Crippen LogP contribution in [0, 0.1) is 0 Å². The molecule has 0 aliphatic heterocycles. The first-order valence-electron chi connectivity index (χ1n) is 7.76. The van der Waals surface area contributed by atoms with Crippen LogP contribution in [-0.2, 0) is 0 Å². The Labute approximate surface area is 136 Å². The summed E-state index contributed by atoms with van der Waals surface area (Å²) in [7, 11) is 1.65. The Balaban J connectivity index is 2.15. The fourth-order valence-electron chi connectivity index (χ4n) is 2.58.